The molecule has 0 spiro atoms. The minimum atomic E-state index is 0.369. The van der Waals surface area contributed by atoms with Crippen molar-refractivity contribution in [2.45, 2.75) is 6.61 Å². The monoisotopic (exact) mass is 292 g/mol. The molecule has 0 fully saturated rings. The van der Waals surface area contributed by atoms with Crippen LogP contribution in [0.15, 0.2) is 52.9 Å². The van der Waals surface area contributed by atoms with Gasteiger partial charge in [0.15, 0.2) is 0 Å². The maximum atomic E-state index is 5.93. The lowest BCUT2D eigenvalue weighted by Crippen LogP contribution is -1.92. The van der Waals surface area contributed by atoms with Gasteiger partial charge in [-0.1, -0.05) is 23.2 Å². The standard InChI is InChI=1S/C15H10Cl2O2/c16-11-1-4-13(5-2-11)18-9-14-8-10-7-12(17)3-6-15(10)19-14/h1-8H,9H2. The smallest absolute Gasteiger partial charge is 0.146 e. The predicted molar refractivity (Wildman–Crippen MR) is 77.0 cm³/mol. The highest BCUT2D eigenvalue weighted by Gasteiger charge is 2.05. The van der Waals surface area contributed by atoms with Crippen molar-refractivity contribution in [1.82, 2.24) is 0 Å². The van der Waals surface area contributed by atoms with Crippen LogP contribution in [0.2, 0.25) is 10.0 Å². The topological polar surface area (TPSA) is 22.4 Å². The summed E-state index contributed by atoms with van der Waals surface area (Å²) in [6, 6.07) is 14.7. The number of ether oxygens (including phenoxy) is 1. The molecular weight excluding hydrogens is 283 g/mol. The highest BCUT2D eigenvalue weighted by molar-refractivity contribution is 6.31. The van der Waals surface area contributed by atoms with Crippen molar-refractivity contribution >= 4 is 34.2 Å². The van der Waals surface area contributed by atoms with Gasteiger partial charge >= 0.3 is 0 Å². The minimum absolute atomic E-state index is 0.369. The van der Waals surface area contributed by atoms with Gasteiger partial charge in [-0.25, -0.2) is 0 Å². The van der Waals surface area contributed by atoms with Crippen molar-refractivity contribution in [2.24, 2.45) is 0 Å². The molecule has 3 rings (SSSR count). The van der Waals surface area contributed by atoms with Gasteiger partial charge in [-0.2, -0.15) is 0 Å². The first-order chi connectivity index (χ1) is 9.20. The molecule has 0 amide bonds. The molecule has 19 heavy (non-hydrogen) atoms. The molecule has 0 aliphatic heterocycles. The maximum Gasteiger partial charge on any atom is 0.146 e. The molecule has 2 aromatic carbocycles. The van der Waals surface area contributed by atoms with Crippen molar-refractivity contribution in [1.29, 1.82) is 0 Å². The van der Waals surface area contributed by atoms with E-state index in [9.17, 15) is 0 Å². The summed E-state index contributed by atoms with van der Waals surface area (Å²) in [6.45, 7) is 0.369. The van der Waals surface area contributed by atoms with E-state index in [1.54, 1.807) is 18.2 Å². The third-order valence-corrected chi connectivity index (χ3v) is 3.21. The molecule has 0 bridgehead atoms. The van der Waals surface area contributed by atoms with Gasteiger partial charge in [0.05, 0.1) is 0 Å². The first-order valence-corrected chi connectivity index (χ1v) is 6.53. The lowest BCUT2D eigenvalue weighted by molar-refractivity contribution is 0.274. The van der Waals surface area contributed by atoms with Gasteiger partial charge in [-0.15, -0.1) is 0 Å². The van der Waals surface area contributed by atoms with Crippen LogP contribution in [0.4, 0.5) is 0 Å². The Morgan fingerprint density at radius 1 is 0.895 bits per heavy atom. The molecule has 0 aliphatic carbocycles. The molecule has 1 aromatic heterocycles. The van der Waals surface area contributed by atoms with Crippen LogP contribution in [-0.2, 0) is 6.61 Å². The van der Waals surface area contributed by atoms with Crippen molar-refractivity contribution in [3.63, 3.8) is 0 Å². The van der Waals surface area contributed by atoms with Crippen LogP contribution >= 0.6 is 23.2 Å². The molecule has 3 aromatic rings. The molecule has 0 radical (unpaired) electrons. The lowest BCUT2D eigenvalue weighted by atomic mass is 10.2. The fourth-order valence-electron chi connectivity index (χ4n) is 1.83. The van der Waals surface area contributed by atoms with E-state index in [1.165, 1.54) is 0 Å². The predicted octanol–water partition coefficient (Wildman–Crippen LogP) is 5.32. The number of hydrogen-bond acceptors (Lipinski definition) is 2. The van der Waals surface area contributed by atoms with E-state index in [0.717, 1.165) is 22.5 Å². The summed E-state index contributed by atoms with van der Waals surface area (Å²) in [5.41, 5.74) is 0.805. The maximum absolute atomic E-state index is 5.93. The third-order valence-electron chi connectivity index (χ3n) is 2.72. The quantitative estimate of drug-likeness (QED) is 0.652. The van der Waals surface area contributed by atoms with E-state index in [1.807, 2.05) is 30.3 Å². The van der Waals surface area contributed by atoms with Crippen LogP contribution < -0.4 is 4.74 Å². The Morgan fingerprint density at radius 3 is 2.42 bits per heavy atom. The van der Waals surface area contributed by atoms with Gasteiger partial charge in [0.1, 0.15) is 23.7 Å². The Labute approximate surface area is 120 Å². The third kappa shape index (κ3) is 2.86. The largest absolute Gasteiger partial charge is 0.486 e. The molecule has 0 unspecified atom stereocenters. The Morgan fingerprint density at radius 2 is 1.63 bits per heavy atom. The van der Waals surface area contributed by atoms with Crippen molar-refractivity contribution in [3.05, 3.63) is 64.3 Å². The molecule has 0 aliphatic rings. The van der Waals surface area contributed by atoms with Crippen LogP contribution in [0.1, 0.15) is 5.76 Å². The second-order valence-electron chi connectivity index (χ2n) is 4.14. The zero-order valence-electron chi connectivity index (χ0n) is 9.90. The lowest BCUT2D eigenvalue weighted by Gasteiger charge is -2.03. The first kappa shape index (κ1) is 12.4. The van der Waals surface area contributed by atoms with Crippen LogP contribution in [0.25, 0.3) is 11.0 Å². The van der Waals surface area contributed by atoms with Gasteiger partial charge in [-0.05, 0) is 48.5 Å². The van der Waals surface area contributed by atoms with E-state index in [4.69, 9.17) is 32.4 Å². The fourth-order valence-corrected chi connectivity index (χ4v) is 2.13. The van der Waals surface area contributed by atoms with Gasteiger partial charge in [0, 0.05) is 15.4 Å². The molecule has 1 heterocycles. The number of rotatable bonds is 3. The Bertz CT molecular complexity index is 702. The number of hydrogen-bond donors (Lipinski definition) is 0. The van der Waals surface area contributed by atoms with E-state index in [2.05, 4.69) is 0 Å². The van der Waals surface area contributed by atoms with E-state index < -0.39 is 0 Å². The normalized spacial score (nSPS) is 10.8. The zero-order chi connectivity index (χ0) is 13.2. The van der Waals surface area contributed by atoms with E-state index in [-0.39, 0.29) is 0 Å². The zero-order valence-corrected chi connectivity index (χ0v) is 11.4. The number of halogens is 2. The van der Waals surface area contributed by atoms with Crippen LogP contribution in [0.5, 0.6) is 5.75 Å². The highest BCUT2D eigenvalue weighted by Crippen LogP contribution is 2.24. The van der Waals surface area contributed by atoms with Crippen LogP contribution in [0.3, 0.4) is 0 Å². The number of fused-ring (bicyclic) bond motifs is 1. The fraction of sp³-hybridized carbons (Fsp3) is 0.0667. The second-order valence-corrected chi connectivity index (χ2v) is 5.01. The summed E-state index contributed by atoms with van der Waals surface area (Å²) in [5, 5.41) is 2.35. The average Bonchev–Trinajstić information content (AvgIpc) is 2.80. The summed E-state index contributed by atoms with van der Waals surface area (Å²) in [7, 11) is 0. The second kappa shape index (κ2) is 5.16. The molecule has 0 saturated heterocycles. The Balaban J connectivity index is 1.76. The summed E-state index contributed by atoms with van der Waals surface area (Å²) in [4.78, 5) is 0. The van der Waals surface area contributed by atoms with Crippen molar-refractivity contribution in [2.75, 3.05) is 0 Å². The minimum Gasteiger partial charge on any atom is -0.486 e. The SMILES string of the molecule is Clc1ccc(OCc2cc3cc(Cl)ccc3o2)cc1. The Kier molecular flexibility index (Phi) is 3.36. The molecular formula is C15H10Cl2O2. The highest BCUT2D eigenvalue weighted by atomic mass is 35.5. The van der Waals surface area contributed by atoms with E-state index in [0.29, 0.717) is 16.7 Å². The number of furan rings is 1. The summed E-state index contributed by atoms with van der Waals surface area (Å²) < 4.78 is 11.3. The van der Waals surface area contributed by atoms with Gasteiger partial charge in [0.2, 0.25) is 0 Å². The average molecular weight is 293 g/mol. The molecule has 2 nitrogen and oxygen atoms in total. The Hall–Kier alpha value is -1.64. The number of benzene rings is 2. The summed E-state index contributed by atoms with van der Waals surface area (Å²) >= 11 is 11.7. The van der Waals surface area contributed by atoms with Crippen LogP contribution in [-0.4, -0.2) is 0 Å². The van der Waals surface area contributed by atoms with Gasteiger partial charge in [0.25, 0.3) is 0 Å². The molecule has 96 valence electrons. The molecule has 0 saturated carbocycles. The van der Waals surface area contributed by atoms with Gasteiger partial charge in [-0.3, -0.25) is 0 Å². The molecule has 4 heteroatoms. The van der Waals surface area contributed by atoms with Gasteiger partial charge < -0.3 is 9.15 Å². The van der Waals surface area contributed by atoms with E-state index >= 15 is 0 Å². The van der Waals surface area contributed by atoms with Crippen molar-refractivity contribution < 1.29 is 9.15 Å². The van der Waals surface area contributed by atoms with Crippen molar-refractivity contribution in [3.8, 4) is 5.75 Å². The summed E-state index contributed by atoms with van der Waals surface area (Å²) in [6.07, 6.45) is 0. The van der Waals surface area contributed by atoms with Crippen LogP contribution in [0, 0.1) is 0 Å². The molecule has 0 N–H and O–H groups in total. The molecule has 0 atom stereocenters. The summed E-state index contributed by atoms with van der Waals surface area (Å²) in [5.74, 6) is 1.51. The first-order valence-electron chi connectivity index (χ1n) is 5.77.